The molecule has 150 valence electrons. The fourth-order valence-electron chi connectivity index (χ4n) is 2.83. The number of benzene rings is 1. The van der Waals surface area contributed by atoms with E-state index in [4.69, 9.17) is 9.47 Å². The first-order valence-electron chi connectivity index (χ1n) is 9.05. The highest BCUT2D eigenvalue weighted by Crippen LogP contribution is 2.27. The van der Waals surface area contributed by atoms with E-state index < -0.39 is 17.9 Å². The Morgan fingerprint density at radius 3 is 2.46 bits per heavy atom. The van der Waals surface area contributed by atoms with Crippen LogP contribution in [0.4, 0.5) is 0 Å². The standard InChI is InChI=1S/C21H26N2O5/c1-12-8-6-7-9-16(12)13(2)15(4)28-21(26)14(3)23-20(25)18-19(24)17(27-5)10-11-22-18/h6-11,13-15,24H,1-5H3,(H,23,25)/t13-,14-,15-/m0/s1. The molecule has 0 unspecified atom stereocenters. The third kappa shape index (κ3) is 4.79. The molecule has 0 fully saturated rings. The fraction of sp³-hybridized carbons (Fsp3) is 0.381. The third-order valence-corrected chi connectivity index (χ3v) is 4.71. The van der Waals surface area contributed by atoms with Crippen LogP contribution in [0.25, 0.3) is 0 Å². The molecular formula is C21H26N2O5. The monoisotopic (exact) mass is 386 g/mol. The van der Waals surface area contributed by atoms with E-state index >= 15 is 0 Å². The van der Waals surface area contributed by atoms with Crippen LogP contribution in [0.3, 0.4) is 0 Å². The second-order valence-electron chi connectivity index (χ2n) is 6.69. The number of aromatic nitrogens is 1. The second kappa shape index (κ2) is 9.21. The number of aromatic hydroxyl groups is 1. The van der Waals surface area contributed by atoms with Crippen LogP contribution in [-0.4, -0.2) is 41.2 Å². The summed E-state index contributed by atoms with van der Waals surface area (Å²) >= 11 is 0. The van der Waals surface area contributed by atoms with Gasteiger partial charge in [0.25, 0.3) is 5.91 Å². The molecule has 0 spiro atoms. The number of methoxy groups -OCH3 is 1. The van der Waals surface area contributed by atoms with E-state index in [0.29, 0.717) is 0 Å². The molecule has 28 heavy (non-hydrogen) atoms. The van der Waals surface area contributed by atoms with E-state index in [-0.39, 0.29) is 29.2 Å². The molecule has 0 saturated heterocycles. The maximum atomic E-state index is 12.4. The van der Waals surface area contributed by atoms with Crippen LogP contribution in [0.2, 0.25) is 0 Å². The fourth-order valence-corrected chi connectivity index (χ4v) is 2.83. The predicted molar refractivity (Wildman–Crippen MR) is 105 cm³/mol. The Bertz CT molecular complexity index is 852. The Kier molecular flexibility index (Phi) is 6.98. The summed E-state index contributed by atoms with van der Waals surface area (Å²) in [5.74, 6) is -1.53. The first-order valence-corrected chi connectivity index (χ1v) is 9.05. The van der Waals surface area contributed by atoms with Crippen molar-refractivity contribution in [3.8, 4) is 11.5 Å². The molecule has 3 atom stereocenters. The Morgan fingerprint density at radius 2 is 1.82 bits per heavy atom. The molecule has 0 saturated carbocycles. The van der Waals surface area contributed by atoms with Crippen LogP contribution >= 0.6 is 0 Å². The zero-order chi connectivity index (χ0) is 20.8. The summed E-state index contributed by atoms with van der Waals surface area (Å²) in [7, 11) is 1.37. The van der Waals surface area contributed by atoms with Crippen molar-refractivity contribution in [2.75, 3.05) is 7.11 Å². The summed E-state index contributed by atoms with van der Waals surface area (Å²) in [4.78, 5) is 28.6. The van der Waals surface area contributed by atoms with E-state index in [9.17, 15) is 14.7 Å². The van der Waals surface area contributed by atoms with E-state index in [1.807, 2.05) is 45.0 Å². The summed E-state index contributed by atoms with van der Waals surface area (Å²) in [6.07, 6.45) is 0.957. The molecule has 0 aliphatic carbocycles. The molecule has 2 N–H and O–H groups in total. The summed E-state index contributed by atoms with van der Waals surface area (Å²) in [5, 5.41) is 12.5. The van der Waals surface area contributed by atoms with Gasteiger partial charge in [0.2, 0.25) is 0 Å². The molecule has 1 heterocycles. The number of esters is 1. The van der Waals surface area contributed by atoms with Crippen molar-refractivity contribution in [3.05, 3.63) is 53.3 Å². The van der Waals surface area contributed by atoms with Gasteiger partial charge in [0.1, 0.15) is 12.1 Å². The lowest BCUT2D eigenvalue weighted by Gasteiger charge is -2.24. The molecule has 0 aliphatic heterocycles. The molecule has 0 radical (unpaired) electrons. The van der Waals surface area contributed by atoms with Crippen molar-refractivity contribution in [3.63, 3.8) is 0 Å². The van der Waals surface area contributed by atoms with E-state index in [0.717, 1.165) is 11.1 Å². The number of nitrogens with one attached hydrogen (secondary N) is 1. The Hall–Kier alpha value is -3.09. The van der Waals surface area contributed by atoms with Crippen LogP contribution in [0.5, 0.6) is 11.5 Å². The van der Waals surface area contributed by atoms with E-state index in [1.54, 1.807) is 0 Å². The van der Waals surface area contributed by atoms with Crippen LogP contribution in [-0.2, 0) is 9.53 Å². The number of carbonyl (C=O) groups excluding carboxylic acids is 2. The Morgan fingerprint density at radius 1 is 1.14 bits per heavy atom. The third-order valence-electron chi connectivity index (χ3n) is 4.71. The van der Waals surface area contributed by atoms with Crippen LogP contribution in [0, 0.1) is 6.92 Å². The minimum Gasteiger partial charge on any atom is -0.503 e. The number of hydrogen-bond acceptors (Lipinski definition) is 6. The smallest absolute Gasteiger partial charge is 0.328 e. The second-order valence-corrected chi connectivity index (χ2v) is 6.69. The molecule has 1 aromatic carbocycles. The van der Waals surface area contributed by atoms with Gasteiger partial charge in [-0.1, -0.05) is 31.2 Å². The van der Waals surface area contributed by atoms with E-state index in [1.165, 1.54) is 26.3 Å². The molecule has 2 aromatic rings. The molecule has 2 rings (SSSR count). The molecule has 0 bridgehead atoms. The molecule has 7 nitrogen and oxygen atoms in total. The first kappa shape index (κ1) is 21.2. The van der Waals surface area contributed by atoms with Crippen molar-refractivity contribution < 1.29 is 24.2 Å². The van der Waals surface area contributed by atoms with E-state index in [2.05, 4.69) is 10.3 Å². The van der Waals surface area contributed by atoms with Crippen molar-refractivity contribution >= 4 is 11.9 Å². The summed E-state index contributed by atoms with van der Waals surface area (Å²) < 4.78 is 10.5. The first-order chi connectivity index (χ1) is 13.3. The van der Waals surface area contributed by atoms with Gasteiger partial charge in [0, 0.05) is 18.2 Å². The number of ether oxygens (including phenoxy) is 2. The number of nitrogens with zero attached hydrogens (tertiary/aromatic N) is 1. The van der Waals surface area contributed by atoms with Crippen molar-refractivity contribution in [1.82, 2.24) is 10.3 Å². The van der Waals surface area contributed by atoms with Crippen molar-refractivity contribution in [1.29, 1.82) is 0 Å². The quantitative estimate of drug-likeness (QED) is 0.710. The highest BCUT2D eigenvalue weighted by atomic mass is 16.5. The van der Waals surface area contributed by atoms with Crippen LogP contribution in [0.15, 0.2) is 36.5 Å². The molecular weight excluding hydrogens is 360 g/mol. The van der Waals surface area contributed by atoms with Crippen molar-refractivity contribution in [2.45, 2.75) is 45.8 Å². The van der Waals surface area contributed by atoms with Gasteiger partial charge in [0.15, 0.2) is 17.2 Å². The summed E-state index contributed by atoms with van der Waals surface area (Å²) in [5.41, 5.74) is 2.00. The molecule has 7 heteroatoms. The highest BCUT2D eigenvalue weighted by Gasteiger charge is 2.26. The highest BCUT2D eigenvalue weighted by molar-refractivity contribution is 5.97. The lowest BCUT2D eigenvalue weighted by Crippen LogP contribution is -2.41. The number of pyridine rings is 1. The van der Waals surface area contributed by atoms with Gasteiger partial charge in [-0.3, -0.25) is 4.79 Å². The van der Waals surface area contributed by atoms with Gasteiger partial charge < -0.3 is 19.9 Å². The zero-order valence-corrected chi connectivity index (χ0v) is 16.7. The maximum Gasteiger partial charge on any atom is 0.328 e. The van der Waals surface area contributed by atoms with Crippen LogP contribution < -0.4 is 10.1 Å². The SMILES string of the molecule is COc1ccnc(C(=O)N[C@@H](C)C(=O)O[C@@H](C)[C@H](C)c2ccccc2C)c1O. The molecule has 1 amide bonds. The number of amides is 1. The summed E-state index contributed by atoms with van der Waals surface area (Å²) in [6, 6.07) is 8.44. The lowest BCUT2D eigenvalue weighted by atomic mass is 9.92. The number of aryl methyl sites for hydroxylation is 1. The van der Waals surface area contributed by atoms with Gasteiger partial charge in [-0.2, -0.15) is 0 Å². The largest absolute Gasteiger partial charge is 0.503 e. The normalized spacial score (nSPS) is 13.9. The number of hydrogen-bond donors (Lipinski definition) is 2. The summed E-state index contributed by atoms with van der Waals surface area (Å²) in [6.45, 7) is 7.33. The molecule has 0 aliphatic rings. The zero-order valence-electron chi connectivity index (χ0n) is 16.7. The number of rotatable bonds is 7. The van der Waals surface area contributed by atoms with Crippen LogP contribution in [0.1, 0.15) is 48.3 Å². The Balaban J connectivity index is 2.01. The van der Waals surface area contributed by atoms with Gasteiger partial charge in [-0.05, 0) is 31.9 Å². The van der Waals surface area contributed by atoms with Gasteiger partial charge in [-0.25, -0.2) is 9.78 Å². The number of carbonyl (C=O) groups is 2. The topological polar surface area (TPSA) is 97.8 Å². The van der Waals surface area contributed by atoms with Gasteiger partial charge >= 0.3 is 5.97 Å². The minimum absolute atomic E-state index is 0.00264. The molecule has 1 aromatic heterocycles. The minimum atomic E-state index is -0.911. The average Bonchev–Trinajstić information content (AvgIpc) is 2.67. The van der Waals surface area contributed by atoms with Crippen molar-refractivity contribution in [2.24, 2.45) is 0 Å². The Labute approximate surface area is 164 Å². The average molecular weight is 386 g/mol. The van der Waals surface area contributed by atoms with Gasteiger partial charge in [-0.15, -0.1) is 0 Å². The van der Waals surface area contributed by atoms with Gasteiger partial charge in [0.05, 0.1) is 7.11 Å². The lowest BCUT2D eigenvalue weighted by molar-refractivity contribution is -0.151. The maximum absolute atomic E-state index is 12.4. The predicted octanol–water partition coefficient (Wildman–Crippen LogP) is 2.96.